The summed E-state index contributed by atoms with van der Waals surface area (Å²) in [6.45, 7) is -0.444. The van der Waals surface area contributed by atoms with Gasteiger partial charge in [-0.2, -0.15) is 8.42 Å². The van der Waals surface area contributed by atoms with E-state index in [0.29, 0.717) is 4.47 Å². The second-order valence-corrected chi connectivity index (χ2v) is 6.66. The minimum Gasteiger partial charge on any atom is -0.397 e. The summed E-state index contributed by atoms with van der Waals surface area (Å²) in [6, 6.07) is 2.47. The number of rotatable bonds is 2. The number of nitrogens with zero attached hydrogens (tertiary/aromatic N) is 1. The largest absolute Gasteiger partial charge is 0.397 e. The van der Waals surface area contributed by atoms with Gasteiger partial charge in [-0.1, -0.05) is 15.9 Å². The van der Waals surface area contributed by atoms with Crippen LogP contribution in [0.1, 0.15) is 6.42 Å². The Balaban J connectivity index is 2.42. The summed E-state index contributed by atoms with van der Waals surface area (Å²) in [6.07, 6.45) is -0.520. The average molecular weight is 355 g/mol. The Morgan fingerprint density at radius 1 is 1.42 bits per heavy atom. The lowest BCUT2D eigenvalue weighted by Gasteiger charge is -2.19. The van der Waals surface area contributed by atoms with Crippen molar-refractivity contribution >= 4 is 43.4 Å². The third-order valence-corrected chi connectivity index (χ3v) is 4.39. The van der Waals surface area contributed by atoms with Crippen LogP contribution in [0.2, 0.25) is 0 Å². The van der Waals surface area contributed by atoms with Gasteiger partial charge in [0.2, 0.25) is 5.91 Å². The molecule has 1 amide bonds. The van der Waals surface area contributed by atoms with Crippen LogP contribution >= 0.6 is 15.9 Å². The molecule has 1 fully saturated rings. The van der Waals surface area contributed by atoms with E-state index in [4.69, 9.17) is 5.73 Å². The van der Waals surface area contributed by atoms with Gasteiger partial charge < -0.3 is 10.6 Å². The number of benzene rings is 1. The lowest BCUT2D eigenvalue weighted by atomic mass is 10.2. The number of hydrogen-bond acceptors (Lipinski definition) is 4. The summed E-state index contributed by atoms with van der Waals surface area (Å²) in [7, 11) is -4.85. The van der Waals surface area contributed by atoms with Gasteiger partial charge in [0, 0.05) is 17.4 Å². The monoisotopic (exact) mass is 354 g/mol. The number of nitrogen functional groups attached to an aromatic ring is 1. The Labute approximate surface area is 116 Å². The fourth-order valence-electron chi connectivity index (χ4n) is 1.95. The molecule has 0 aliphatic carbocycles. The summed E-state index contributed by atoms with van der Waals surface area (Å²) < 4.78 is 48.7. The van der Waals surface area contributed by atoms with E-state index in [0.717, 1.165) is 11.0 Å². The van der Waals surface area contributed by atoms with Crippen LogP contribution < -0.4 is 10.6 Å². The number of carbonyl (C=O) groups is 1. The smallest absolute Gasteiger partial charge is 0.307 e. The van der Waals surface area contributed by atoms with Crippen molar-refractivity contribution in [2.75, 3.05) is 17.2 Å². The van der Waals surface area contributed by atoms with Crippen molar-refractivity contribution in [1.82, 2.24) is 0 Å². The zero-order valence-electron chi connectivity index (χ0n) is 9.44. The van der Waals surface area contributed by atoms with Gasteiger partial charge in [0.1, 0.15) is 16.8 Å². The molecule has 19 heavy (non-hydrogen) atoms. The van der Waals surface area contributed by atoms with Crippen LogP contribution in [0.4, 0.5) is 19.7 Å². The highest BCUT2D eigenvalue weighted by atomic mass is 79.9. The van der Waals surface area contributed by atoms with Crippen molar-refractivity contribution in [3.8, 4) is 0 Å². The molecule has 1 aliphatic heterocycles. The van der Waals surface area contributed by atoms with Gasteiger partial charge in [0.15, 0.2) is 0 Å². The second kappa shape index (κ2) is 4.71. The maximum absolute atomic E-state index is 13.8. The molecule has 1 aromatic carbocycles. The molecule has 1 aromatic rings. The Bertz CT molecular complexity index is 627. The average Bonchev–Trinajstić information content (AvgIpc) is 2.59. The molecule has 2 N–H and O–H groups in total. The van der Waals surface area contributed by atoms with Gasteiger partial charge in [-0.3, -0.25) is 4.79 Å². The van der Waals surface area contributed by atoms with Crippen LogP contribution in [0.5, 0.6) is 0 Å². The number of amides is 1. The van der Waals surface area contributed by atoms with Crippen molar-refractivity contribution in [3.63, 3.8) is 0 Å². The van der Waals surface area contributed by atoms with Crippen LogP contribution in [-0.4, -0.2) is 26.1 Å². The van der Waals surface area contributed by atoms with Gasteiger partial charge in [0.05, 0.1) is 5.69 Å². The third kappa shape index (κ3) is 2.71. The van der Waals surface area contributed by atoms with Crippen LogP contribution in [0, 0.1) is 5.82 Å². The highest BCUT2D eigenvalue weighted by molar-refractivity contribution is 9.10. The third-order valence-electron chi connectivity index (χ3n) is 2.82. The topological polar surface area (TPSA) is 80.5 Å². The minimum atomic E-state index is -4.85. The molecular weight excluding hydrogens is 346 g/mol. The first-order valence-corrected chi connectivity index (χ1v) is 7.42. The number of nitrogens with two attached hydrogens (primary N) is 1. The molecule has 104 valence electrons. The maximum atomic E-state index is 13.8. The van der Waals surface area contributed by atoms with Crippen LogP contribution in [0.25, 0.3) is 0 Å². The van der Waals surface area contributed by atoms with Crippen molar-refractivity contribution < 1.29 is 21.5 Å². The second-order valence-electron chi connectivity index (χ2n) is 4.13. The molecule has 1 saturated heterocycles. The summed E-state index contributed by atoms with van der Waals surface area (Å²) in [5.41, 5.74) is 5.36. The lowest BCUT2D eigenvalue weighted by molar-refractivity contribution is -0.117. The zero-order chi connectivity index (χ0) is 14.4. The van der Waals surface area contributed by atoms with Gasteiger partial charge in [-0.15, -0.1) is 3.89 Å². The molecule has 1 heterocycles. The molecule has 9 heteroatoms. The van der Waals surface area contributed by atoms with E-state index < -0.39 is 40.2 Å². The van der Waals surface area contributed by atoms with Crippen LogP contribution in [-0.2, 0) is 15.0 Å². The predicted molar refractivity (Wildman–Crippen MR) is 69.3 cm³/mol. The van der Waals surface area contributed by atoms with E-state index in [9.17, 15) is 21.5 Å². The van der Waals surface area contributed by atoms with E-state index in [1.54, 1.807) is 0 Å². The van der Waals surface area contributed by atoms with Gasteiger partial charge in [-0.05, 0) is 12.1 Å². The van der Waals surface area contributed by atoms with Crippen LogP contribution in [0.3, 0.4) is 0 Å². The predicted octanol–water partition coefficient (Wildman–Crippen LogP) is 1.58. The first kappa shape index (κ1) is 14.2. The fourth-order valence-corrected chi connectivity index (χ4v) is 3.07. The Hall–Kier alpha value is -1.22. The number of hydrogen-bond donors (Lipinski definition) is 1. The van der Waals surface area contributed by atoms with E-state index in [1.807, 2.05) is 0 Å². The molecule has 1 atom stereocenters. The first-order valence-electron chi connectivity index (χ1n) is 5.18. The normalized spacial score (nSPS) is 20.1. The summed E-state index contributed by atoms with van der Waals surface area (Å²) >= 11 is 3.04. The van der Waals surface area contributed by atoms with Crippen molar-refractivity contribution in [2.24, 2.45) is 0 Å². The molecular formula is C10H9BrF2N2O3S. The lowest BCUT2D eigenvalue weighted by Crippen LogP contribution is -2.28. The molecule has 0 bridgehead atoms. The molecule has 1 aliphatic rings. The molecule has 2 rings (SSSR count). The molecule has 0 aromatic heterocycles. The zero-order valence-corrected chi connectivity index (χ0v) is 11.8. The molecule has 0 radical (unpaired) electrons. The standard InChI is InChI=1S/C10H9BrF2N2O3S/c11-5-1-7(12)10(8(14)2-5)15-4-6(3-9(15)16)19(13,17)18/h1-2,6H,3-4,14H2. The first-order chi connectivity index (χ1) is 8.70. The maximum Gasteiger partial charge on any atom is 0.307 e. The van der Waals surface area contributed by atoms with Crippen LogP contribution in [0.15, 0.2) is 16.6 Å². The van der Waals surface area contributed by atoms with Crippen molar-refractivity contribution in [3.05, 3.63) is 22.4 Å². The van der Waals surface area contributed by atoms with Gasteiger partial charge >= 0.3 is 10.2 Å². The fraction of sp³-hybridized carbons (Fsp3) is 0.300. The molecule has 5 nitrogen and oxygen atoms in total. The minimum absolute atomic E-state index is 0.0304. The molecule has 0 saturated carbocycles. The number of halogens is 3. The van der Waals surface area contributed by atoms with Crippen molar-refractivity contribution in [1.29, 1.82) is 0 Å². The Morgan fingerprint density at radius 3 is 2.53 bits per heavy atom. The van der Waals surface area contributed by atoms with E-state index in [1.165, 1.54) is 6.07 Å². The molecule has 0 spiro atoms. The molecule has 1 unspecified atom stereocenters. The highest BCUT2D eigenvalue weighted by Gasteiger charge is 2.40. The van der Waals surface area contributed by atoms with Crippen molar-refractivity contribution in [2.45, 2.75) is 11.7 Å². The Kier molecular flexibility index (Phi) is 3.52. The highest BCUT2D eigenvalue weighted by Crippen LogP contribution is 2.34. The summed E-state index contributed by atoms with van der Waals surface area (Å²) in [5, 5.41) is -1.48. The number of anilines is 2. The number of carbonyl (C=O) groups excluding carboxylic acids is 1. The van der Waals surface area contributed by atoms with Gasteiger partial charge in [-0.25, -0.2) is 4.39 Å². The Morgan fingerprint density at radius 2 is 2.05 bits per heavy atom. The van der Waals surface area contributed by atoms with E-state index in [-0.39, 0.29) is 11.4 Å². The van der Waals surface area contributed by atoms with E-state index >= 15 is 0 Å². The van der Waals surface area contributed by atoms with Gasteiger partial charge in [0.25, 0.3) is 0 Å². The quantitative estimate of drug-likeness (QED) is 0.645. The summed E-state index contributed by atoms with van der Waals surface area (Å²) in [5.74, 6) is -1.46. The SMILES string of the molecule is Nc1cc(Br)cc(F)c1N1CC(S(=O)(=O)F)CC1=O. The summed E-state index contributed by atoms with van der Waals surface area (Å²) in [4.78, 5) is 12.5. The van der Waals surface area contributed by atoms with E-state index in [2.05, 4.69) is 15.9 Å².